The zero-order valence-electron chi connectivity index (χ0n) is 14.2. The molecule has 4 rings (SSSR count). The number of amides is 1. The van der Waals surface area contributed by atoms with Gasteiger partial charge >= 0.3 is 0 Å². The van der Waals surface area contributed by atoms with E-state index >= 15 is 0 Å². The second-order valence-electron chi connectivity index (χ2n) is 6.05. The Bertz CT molecular complexity index is 1140. The molecule has 0 aliphatic carbocycles. The third-order valence-electron chi connectivity index (χ3n) is 4.19. The first-order chi connectivity index (χ1) is 13.1. The van der Waals surface area contributed by atoms with E-state index in [4.69, 9.17) is 16.6 Å². The molecule has 1 aromatic heterocycles. The van der Waals surface area contributed by atoms with Gasteiger partial charge in [-0.15, -0.1) is 0 Å². The number of hydrogen-bond donors (Lipinski definition) is 1. The third-order valence-corrected chi connectivity index (χ3v) is 5.01. The maximum absolute atomic E-state index is 12.7. The maximum Gasteiger partial charge on any atom is 0.244 e. The summed E-state index contributed by atoms with van der Waals surface area (Å²) in [7, 11) is 0. The van der Waals surface area contributed by atoms with Gasteiger partial charge in [0.25, 0.3) is 0 Å². The molecule has 134 valence electrons. The summed E-state index contributed by atoms with van der Waals surface area (Å²) >= 11 is 9.65. The Morgan fingerprint density at radius 1 is 1.04 bits per heavy atom. The van der Waals surface area contributed by atoms with Crippen LogP contribution in [-0.4, -0.2) is 15.5 Å². The van der Waals surface area contributed by atoms with Crippen molar-refractivity contribution in [2.24, 2.45) is 0 Å². The number of imidazole rings is 1. The minimum absolute atomic E-state index is 0.133. The Morgan fingerprint density at radius 3 is 2.63 bits per heavy atom. The third kappa shape index (κ3) is 3.75. The highest BCUT2D eigenvalue weighted by molar-refractivity contribution is 9.10. The molecule has 1 N–H and O–H groups in total. The summed E-state index contributed by atoms with van der Waals surface area (Å²) in [6.45, 7) is 0.133. The van der Waals surface area contributed by atoms with Crippen LogP contribution in [0.5, 0.6) is 0 Å². The highest BCUT2D eigenvalue weighted by Crippen LogP contribution is 2.27. The first-order valence-corrected chi connectivity index (χ1v) is 9.54. The first-order valence-electron chi connectivity index (χ1n) is 8.37. The number of aromatic nitrogens is 2. The lowest BCUT2D eigenvalue weighted by molar-refractivity contribution is -0.116. The van der Waals surface area contributed by atoms with Crippen molar-refractivity contribution in [3.05, 3.63) is 82.3 Å². The van der Waals surface area contributed by atoms with Crippen LogP contribution in [0.2, 0.25) is 5.02 Å². The normalized spacial score (nSPS) is 10.9. The zero-order chi connectivity index (χ0) is 18.8. The highest BCUT2D eigenvalue weighted by Gasteiger charge is 2.16. The fourth-order valence-corrected chi connectivity index (χ4v) is 3.56. The molecule has 0 spiro atoms. The summed E-state index contributed by atoms with van der Waals surface area (Å²) in [4.78, 5) is 17.4. The van der Waals surface area contributed by atoms with E-state index in [-0.39, 0.29) is 12.5 Å². The van der Waals surface area contributed by atoms with Crippen molar-refractivity contribution >= 4 is 50.2 Å². The predicted molar refractivity (Wildman–Crippen MR) is 113 cm³/mol. The molecule has 3 aromatic carbocycles. The number of rotatable bonds is 4. The Hall–Kier alpha value is -2.63. The van der Waals surface area contributed by atoms with E-state index in [2.05, 4.69) is 21.2 Å². The van der Waals surface area contributed by atoms with Gasteiger partial charge in [0, 0.05) is 10.0 Å². The Labute approximate surface area is 169 Å². The van der Waals surface area contributed by atoms with E-state index in [1.165, 1.54) is 0 Å². The fraction of sp³-hybridized carbons (Fsp3) is 0.0476. The molecule has 0 saturated carbocycles. The van der Waals surface area contributed by atoms with Crippen LogP contribution in [0.3, 0.4) is 0 Å². The quantitative estimate of drug-likeness (QED) is 0.439. The first kappa shape index (κ1) is 17.8. The SMILES string of the molecule is O=C(Cn1c(-c2cccc(Br)c2)nc2ccccc21)Nc1ccccc1Cl. The van der Waals surface area contributed by atoms with Crippen molar-refractivity contribution in [3.8, 4) is 11.4 Å². The Kier molecular flexibility index (Phi) is 4.97. The van der Waals surface area contributed by atoms with Crippen LogP contribution < -0.4 is 5.32 Å². The summed E-state index contributed by atoms with van der Waals surface area (Å²) in [6.07, 6.45) is 0. The van der Waals surface area contributed by atoms with Crippen LogP contribution in [0.4, 0.5) is 5.69 Å². The minimum atomic E-state index is -0.164. The molecule has 0 atom stereocenters. The van der Waals surface area contributed by atoms with Crippen molar-refractivity contribution in [3.63, 3.8) is 0 Å². The number of fused-ring (bicyclic) bond motifs is 1. The van der Waals surface area contributed by atoms with E-state index in [0.717, 1.165) is 26.9 Å². The topological polar surface area (TPSA) is 46.9 Å². The molecule has 0 radical (unpaired) electrons. The van der Waals surface area contributed by atoms with Gasteiger partial charge in [0.15, 0.2) is 0 Å². The van der Waals surface area contributed by atoms with Gasteiger partial charge in [-0.05, 0) is 36.4 Å². The fourth-order valence-electron chi connectivity index (χ4n) is 2.98. The van der Waals surface area contributed by atoms with Crippen LogP contribution in [0.1, 0.15) is 0 Å². The molecular formula is C21H15BrClN3O. The van der Waals surface area contributed by atoms with Crippen LogP contribution in [0, 0.1) is 0 Å². The van der Waals surface area contributed by atoms with E-state index in [9.17, 15) is 4.79 Å². The molecule has 1 heterocycles. The lowest BCUT2D eigenvalue weighted by Crippen LogP contribution is -2.19. The van der Waals surface area contributed by atoms with Crippen LogP contribution in [0.25, 0.3) is 22.4 Å². The molecule has 1 amide bonds. The standard InChI is InChI=1S/C21H15BrClN3O/c22-15-7-5-6-14(12-15)21-25-18-10-3-4-11-19(18)26(21)13-20(27)24-17-9-2-1-8-16(17)23/h1-12H,13H2,(H,24,27). The van der Waals surface area contributed by atoms with Gasteiger partial charge < -0.3 is 9.88 Å². The number of para-hydroxylation sites is 3. The maximum atomic E-state index is 12.7. The van der Waals surface area contributed by atoms with E-state index < -0.39 is 0 Å². The molecule has 4 aromatic rings. The van der Waals surface area contributed by atoms with Crippen molar-refractivity contribution in [2.45, 2.75) is 6.54 Å². The number of carbonyl (C=O) groups is 1. The average molecular weight is 441 g/mol. The van der Waals surface area contributed by atoms with E-state index in [0.29, 0.717) is 10.7 Å². The van der Waals surface area contributed by atoms with Gasteiger partial charge in [-0.25, -0.2) is 4.98 Å². The van der Waals surface area contributed by atoms with Gasteiger partial charge in [0.2, 0.25) is 5.91 Å². The summed E-state index contributed by atoms with van der Waals surface area (Å²) in [5, 5.41) is 3.38. The number of anilines is 1. The van der Waals surface area contributed by atoms with Gasteiger partial charge in [0.1, 0.15) is 12.4 Å². The average Bonchev–Trinajstić information content (AvgIpc) is 3.02. The van der Waals surface area contributed by atoms with Gasteiger partial charge in [0.05, 0.1) is 21.7 Å². The number of carbonyl (C=O) groups excluding carboxylic acids is 1. The number of hydrogen-bond acceptors (Lipinski definition) is 2. The van der Waals surface area contributed by atoms with Crippen molar-refractivity contribution in [2.75, 3.05) is 5.32 Å². The Morgan fingerprint density at radius 2 is 1.81 bits per heavy atom. The second kappa shape index (κ2) is 7.55. The molecule has 0 saturated heterocycles. The number of benzene rings is 3. The molecule has 6 heteroatoms. The van der Waals surface area contributed by atoms with Gasteiger partial charge in [-0.1, -0.05) is 63.9 Å². The molecular weight excluding hydrogens is 426 g/mol. The van der Waals surface area contributed by atoms with Crippen molar-refractivity contribution in [1.29, 1.82) is 0 Å². The van der Waals surface area contributed by atoms with Crippen molar-refractivity contribution < 1.29 is 4.79 Å². The van der Waals surface area contributed by atoms with Crippen LogP contribution >= 0.6 is 27.5 Å². The van der Waals surface area contributed by atoms with Gasteiger partial charge in [-0.2, -0.15) is 0 Å². The largest absolute Gasteiger partial charge is 0.323 e. The monoisotopic (exact) mass is 439 g/mol. The molecule has 0 unspecified atom stereocenters. The predicted octanol–water partition coefficient (Wildman–Crippen LogP) is 5.76. The molecule has 0 bridgehead atoms. The lowest BCUT2D eigenvalue weighted by Gasteiger charge is -2.11. The molecule has 27 heavy (non-hydrogen) atoms. The van der Waals surface area contributed by atoms with E-state index in [1.807, 2.05) is 65.2 Å². The van der Waals surface area contributed by atoms with Crippen LogP contribution in [0.15, 0.2) is 77.3 Å². The smallest absolute Gasteiger partial charge is 0.244 e. The molecule has 0 aliphatic heterocycles. The Balaban J connectivity index is 1.73. The summed E-state index contributed by atoms with van der Waals surface area (Å²) < 4.78 is 2.88. The molecule has 0 aliphatic rings. The number of halogens is 2. The second-order valence-corrected chi connectivity index (χ2v) is 7.37. The minimum Gasteiger partial charge on any atom is -0.323 e. The van der Waals surface area contributed by atoms with E-state index in [1.54, 1.807) is 12.1 Å². The lowest BCUT2D eigenvalue weighted by atomic mass is 10.2. The number of nitrogens with zero attached hydrogens (tertiary/aromatic N) is 2. The summed E-state index contributed by atoms with van der Waals surface area (Å²) in [5.41, 5.74) is 3.28. The highest BCUT2D eigenvalue weighted by atomic mass is 79.9. The van der Waals surface area contributed by atoms with Crippen molar-refractivity contribution in [1.82, 2.24) is 9.55 Å². The zero-order valence-corrected chi connectivity index (χ0v) is 16.5. The molecule has 0 fully saturated rings. The molecule has 4 nitrogen and oxygen atoms in total. The summed E-state index contributed by atoms with van der Waals surface area (Å²) in [6, 6.07) is 22.9. The van der Waals surface area contributed by atoms with Crippen LogP contribution in [-0.2, 0) is 11.3 Å². The number of nitrogens with one attached hydrogen (secondary N) is 1. The summed E-state index contributed by atoms with van der Waals surface area (Å²) in [5.74, 6) is 0.578. The van der Waals surface area contributed by atoms with Gasteiger partial charge in [-0.3, -0.25) is 4.79 Å².